The van der Waals surface area contributed by atoms with Gasteiger partial charge in [-0.3, -0.25) is 10.1 Å². The maximum Gasteiger partial charge on any atom is 0.421 e. The van der Waals surface area contributed by atoms with Crippen molar-refractivity contribution in [3.05, 3.63) is 54.4 Å². The number of carbonyl (C=O) groups is 2. The number of urea groups is 1. The number of rotatable bonds is 6. The molecule has 1 aliphatic rings. The van der Waals surface area contributed by atoms with Crippen molar-refractivity contribution in [2.75, 3.05) is 17.2 Å². The third-order valence-electron chi connectivity index (χ3n) is 8.01. The van der Waals surface area contributed by atoms with E-state index in [9.17, 15) is 22.8 Å². The lowest BCUT2D eigenvalue weighted by Gasteiger charge is -2.45. The molecule has 1 saturated heterocycles. The molecule has 9 nitrogen and oxygen atoms in total. The number of anilines is 2. The molecule has 0 spiro atoms. The van der Waals surface area contributed by atoms with Crippen LogP contribution in [0, 0.1) is 0 Å². The van der Waals surface area contributed by atoms with Crippen molar-refractivity contribution in [1.82, 2.24) is 15.0 Å². The summed E-state index contributed by atoms with van der Waals surface area (Å²) in [4.78, 5) is 38.3. The Hall–Kier alpha value is -4.10. The summed E-state index contributed by atoms with van der Waals surface area (Å²) in [7, 11) is 0. The Kier molecular flexibility index (Phi) is 7.90. The molecule has 4 aromatic rings. The van der Waals surface area contributed by atoms with Crippen molar-refractivity contribution in [2.45, 2.75) is 65.2 Å². The molecule has 2 aromatic heterocycles. The highest BCUT2D eigenvalue weighted by molar-refractivity contribution is 7.22. The molecule has 3 amide bonds. The molecule has 13 heteroatoms. The zero-order chi connectivity index (χ0) is 31.2. The van der Waals surface area contributed by atoms with Gasteiger partial charge < -0.3 is 10.1 Å². The normalized spacial score (nSPS) is 18.2. The van der Waals surface area contributed by atoms with Gasteiger partial charge in [0.25, 0.3) is 0 Å². The Labute approximate surface area is 250 Å². The number of amides is 3. The second kappa shape index (κ2) is 11.2. The fourth-order valence-corrected chi connectivity index (χ4v) is 6.89. The molecule has 2 N–H and O–H groups in total. The van der Waals surface area contributed by atoms with Crippen LogP contribution in [0.25, 0.3) is 21.5 Å². The monoisotopic (exact) mass is 613 g/mol. The van der Waals surface area contributed by atoms with Crippen LogP contribution in [0.1, 0.15) is 53.0 Å². The predicted molar refractivity (Wildman–Crippen MR) is 159 cm³/mol. The molecule has 1 fully saturated rings. The van der Waals surface area contributed by atoms with Gasteiger partial charge in [0, 0.05) is 31.4 Å². The fourth-order valence-electron chi connectivity index (χ4n) is 5.96. The number of para-hydroxylation sites is 1. The number of benzene rings is 2. The second-order valence-corrected chi connectivity index (χ2v) is 12.5. The number of nitrogens with one attached hydrogen (secondary N) is 2. The summed E-state index contributed by atoms with van der Waals surface area (Å²) in [5, 5.41) is 5.91. The van der Waals surface area contributed by atoms with Gasteiger partial charge in [0.15, 0.2) is 10.9 Å². The van der Waals surface area contributed by atoms with Crippen molar-refractivity contribution in [3.8, 4) is 22.9 Å². The summed E-state index contributed by atoms with van der Waals surface area (Å²) in [6.07, 6.45) is -1.72. The highest BCUT2D eigenvalue weighted by Gasteiger charge is 2.56. The molecule has 0 bridgehead atoms. The van der Waals surface area contributed by atoms with E-state index in [1.54, 1.807) is 12.1 Å². The summed E-state index contributed by atoms with van der Waals surface area (Å²) in [6, 6.07) is 9.52. The minimum absolute atomic E-state index is 0.00752. The molecule has 0 saturated carbocycles. The lowest BCUT2D eigenvalue weighted by Crippen LogP contribution is -2.66. The van der Waals surface area contributed by atoms with Gasteiger partial charge in [-0.05, 0) is 52.0 Å². The number of fused-ring (bicyclic) bond motifs is 1. The maximum absolute atomic E-state index is 13.9. The molecule has 43 heavy (non-hydrogen) atoms. The van der Waals surface area contributed by atoms with Gasteiger partial charge in [-0.2, -0.15) is 13.2 Å². The molecular formula is C30H32F3N6O3S+. The number of quaternary nitrogens is 1. The number of hydrogen-bond acceptors (Lipinski definition) is 7. The highest BCUT2D eigenvalue weighted by atomic mass is 32.1. The van der Waals surface area contributed by atoms with Crippen LogP contribution in [-0.4, -0.2) is 49.5 Å². The van der Waals surface area contributed by atoms with Crippen molar-refractivity contribution in [2.24, 2.45) is 0 Å². The summed E-state index contributed by atoms with van der Waals surface area (Å²) in [5.74, 6) is 0.238. The average molecular weight is 614 g/mol. The smallest absolute Gasteiger partial charge is 0.421 e. The van der Waals surface area contributed by atoms with E-state index in [1.807, 2.05) is 33.8 Å². The molecule has 0 aliphatic carbocycles. The molecule has 5 rings (SSSR count). The van der Waals surface area contributed by atoms with Crippen molar-refractivity contribution in [3.63, 3.8) is 0 Å². The molecule has 1 unspecified atom stereocenters. The lowest BCUT2D eigenvalue weighted by molar-refractivity contribution is -0.903. The van der Waals surface area contributed by atoms with E-state index < -0.39 is 17.3 Å². The SMILES string of the molecule is CC(=O)Nc1nc2c(Oc3cc(-c4ccc(C(F)(F)F)cc4NC(=O)[N+]4(C(C)C)CCCC4(C)C)ncn3)cccc2s1. The van der Waals surface area contributed by atoms with Crippen LogP contribution in [0.3, 0.4) is 0 Å². The van der Waals surface area contributed by atoms with E-state index in [2.05, 4.69) is 25.6 Å². The Morgan fingerprint density at radius 2 is 1.86 bits per heavy atom. The van der Waals surface area contributed by atoms with Gasteiger partial charge in [-0.1, -0.05) is 23.5 Å². The van der Waals surface area contributed by atoms with Crippen molar-refractivity contribution >= 4 is 44.3 Å². The van der Waals surface area contributed by atoms with Crippen molar-refractivity contribution < 1.29 is 32.0 Å². The van der Waals surface area contributed by atoms with Crippen LogP contribution in [0.2, 0.25) is 0 Å². The first kappa shape index (κ1) is 30.4. The van der Waals surface area contributed by atoms with E-state index in [1.165, 1.54) is 36.7 Å². The number of hydrogen-bond donors (Lipinski definition) is 2. The van der Waals surface area contributed by atoms with Crippen LogP contribution in [0.5, 0.6) is 11.6 Å². The minimum atomic E-state index is -4.61. The van der Waals surface area contributed by atoms with Crippen LogP contribution in [0.4, 0.5) is 28.8 Å². The Bertz CT molecular complexity index is 1700. The molecule has 1 aliphatic heterocycles. The minimum Gasteiger partial charge on any atom is -0.437 e. The summed E-state index contributed by atoms with van der Waals surface area (Å²) in [6.45, 7) is 9.92. The first-order valence-electron chi connectivity index (χ1n) is 13.8. The molecule has 0 radical (unpaired) electrons. The quantitative estimate of drug-likeness (QED) is 0.215. The first-order chi connectivity index (χ1) is 20.2. The topological polar surface area (TPSA) is 106 Å². The van der Waals surface area contributed by atoms with Gasteiger partial charge in [0.05, 0.1) is 34.2 Å². The molecule has 1 atom stereocenters. The zero-order valence-electron chi connectivity index (χ0n) is 24.4. The number of thiazole rings is 1. The fraction of sp³-hybridized carbons (Fsp3) is 0.367. The van der Waals surface area contributed by atoms with Gasteiger partial charge >= 0.3 is 12.2 Å². The van der Waals surface area contributed by atoms with E-state index in [0.717, 1.165) is 29.7 Å². The summed E-state index contributed by atoms with van der Waals surface area (Å²) < 4.78 is 48.3. The number of carbonyl (C=O) groups excluding carboxylic acids is 2. The molecule has 226 valence electrons. The zero-order valence-corrected chi connectivity index (χ0v) is 25.2. The molecule has 3 heterocycles. The number of ether oxygens (including phenoxy) is 1. The number of nitrogens with zero attached hydrogens (tertiary/aromatic N) is 4. The largest absolute Gasteiger partial charge is 0.437 e. The average Bonchev–Trinajstić information content (AvgIpc) is 3.48. The standard InChI is InChI=1S/C30H31F3N6O3S/c1-17(2)39(13-7-12-29(39,4)5)28(41)37-22-14-19(30(31,32)33)10-11-20(22)21-15-25(35-16-34-21)42-23-8-6-9-24-26(23)38-27(43-24)36-18(3)40/h6,8-11,14-17H,7,12-13H2,1-5H3,(H-,34,35,36,37,38,40,41)/p+1. The van der Waals surface area contributed by atoms with E-state index in [-0.39, 0.29) is 45.3 Å². The first-order valence-corrected chi connectivity index (χ1v) is 14.6. The van der Waals surface area contributed by atoms with Crippen LogP contribution >= 0.6 is 11.3 Å². The molecule has 2 aromatic carbocycles. The predicted octanol–water partition coefficient (Wildman–Crippen LogP) is 7.85. The van der Waals surface area contributed by atoms with Crippen LogP contribution < -0.4 is 15.4 Å². The number of halogens is 3. The summed E-state index contributed by atoms with van der Waals surface area (Å²) >= 11 is 1.28. The van der Waals surface area contributed by atoms with Gasteiger partial charge in [0.2, 0.25) is 11.8 Å². The van der Waals surface area contributed by atoms with Crippen molar-refractivity contribution in [1.29, 1.82) is 0 Å². The third-order valence-corrected chi connectivity index (χ3v) is 8.95. The van der Waals surface area contributed by atoms with E-state index >= 15 is 0 Å². The van der Waals surface area contributed by atoms with Crippen LogP contribution in [0.15, 0.2) is 48.8 Å². The third kappa shape index (κ3) is 5.78. The van der Waals surface area contributed by atoms with Gasteiger partial charge in [0.1, 0.15) is 17.4 Å². The number of alkyl halides is 3. The Morgan fingerprint density at radius 1 is 1.09 bits per heavy atom. The Morgan fingerprint density at radius 3 is 2.51 bits per heavy atom. The number of likely N-dealkylation sites (tertiary alicyclic amines) is 1. The number of aromatic nitrogens is 3. The second-order valence-electron chi connectivity index (χ2n) is 11.4. The van der Waals surface area contributed by atoms with E-state index in [0.29, 0.717) is 22.9 Å². The van der Waals surface area contributed by atoms with E-state index in [4.69, 9.17) is 4.74 Å². The lowest BCUT2D eigenvalue weighted by atomic mass is 9.97. The van der Waals surface area contributed by atoms with Crippen LogP contribution in [-0.2, 0) is 11.0 Å². The maximum atomic E-state index is 13.9. The summed E-state index contributed by atoms with van der Waals surface area (Å²) in [5.41, 5.74) is -0.241. The Balaban J connectivity index is 1.52. The van der Waals surface area contributed by atoms with Gasteiger partial charge in [-0.15, -0.1) is 0 Å². The van der Waals surface area contributed by atoms with Gasteiger partial charge in [-0.25, -0.2) is 24.2 Å². The molecular weight excluding hydrogens is 581 g/mol. The highest BCUT2D eigenvalue weighted by Crippen LogP contribution is 2.42.